The fourth-order valence-corrected chi connectivity index (χ4v) is 2.39. The first kappa shape index (κ1) is 18.1. The molecule has 1 aliphatic rings. The summed E-state index contributed by atoms with van der Waals surface area (Å²) in [6.07, 6.45) is 5.63. The van der Waals surface area contributed by atoms with E-state index in [9.17, 15) is 9.59 Å². The van der Waals surface area contributed by atoms with E-state index >= 15 is 0 Å². The highest BCUT2D eigenvalue weighted by Crippen LogP contribution is 2.20. The Morgan fingerprint density at radius 1 is 1.33 bits per heavy atom. The first-order valence-corrected chi connectivity index (χ1v) is 7.97. The number of nitrogens with one attached hydrogen (secondary N) is 2. The molecule has 1 aliphatic heterocycles. The second-order valence-electron chi connectivity index (χ2n) is 6.64. The maximum absolute atomic E-state index is 12.2. The number of benzene rings is 1. The van der Waals surface area contributed by atoms with Gasteiger partial charge in [-0.2, -0.15) is 0 Å². The zero-order valence-corrected chi connectivity index (χ0v) is 14.7. The van der Waals surface area contributed by atoms with Gasteiger partial charge < -0.3 is 10.1 Å². The molecule has 0 saturated carbocycles. The number of hydrogen-bond acceptors (Lipinski definition) is 4. The van der Waals surface area contributed by atoms with E-state index in [0.29, 0.717) is 17.0 Å². The second-order valence-corrected chi connectivity index (χ2v) is 7.08. The van der Waals surface area contributed by atoms with Gasteiger partial charge in [0.25, 0.3) is 0 Å². The summed E-state index contributed by atoms with van der Waals surface area (Å²) >= 11 is 5.92. The number of dihydropyridines is 1. The summed E-state index contributed by atoms with van der Waals surface area (Å²) in [5.74, 6) is 0. The molecule has 1 heterocycles. The van der Waals surface area contributed by atoms with Crippen LogP contribution in [-0.4, -0.2) is 23.6 Å². The van der Waals surface area contributed by atoms with Crippen LogP contribution in [0.2, 0.25) is 5.02 Å². The lowest BCUT2D eigenvalue weighted by Gasteiger charge is -2.35. The molecule has 0 radical (unpaired) electrons. The van der Waals surface area contributed by atoms with Gasteiger partial charge in [0.2, 0.25) is 0 Å². The van der Waals surface area contributed by atoms with Crippen molar-refractivity contribution in [2.45, 2.75) is 38.5 Å². The Morgan fingerprint density at radius 2 is 2.00 bits per heavy atom. The Kier molecular flexibility index (Phi) is 5.34. The average molecular weight is 349 g/mol. The summed E-state index contributed by atoms with van der Waals surface area (Å²) in [6.45, 7) is 5.40. The normalized spacial score (nSPS) is 19.9. The lowest BCUT2D eigenvalue weighted by molar-refractivity contribution is -0.104. The van der Waals surface area contributed by atoms with Gasteiger partial charge in [0.15, 0.2) is 6.29 Å². The molecule has 0 fully saturated rings. The Labute approximate surface area is 146 Å². The van der Waals surface area contributed by atoms with Gasteiger partial charge >= 0.3 is 6.09 Å². The quantitative estimate of drug-likeness (QED) is 0.819. The number of ether oxygens (including phenoxy) is 1. The molecular formula is C18H21ClN2O3. The molecule has 128 valence electrons. The van der Waals surface area contributed by atoms with E-state index in [0.717, 1.165) is 11.8 Å². The lowest BCUT2D eigenvalue weighted by Crippen LogP contribution is -2.59. The zero-order valence-electron chi connectivity index (χ0n) is 13.9. The highest BCUT2D eigenvalue weighted by Gasteiger charge is 2.32. The highest BCUT2D eigenvalue weighted by molar-refractivity contribution is 6.30. The van der Waals surface area contributed by atoms with Crippen molar-refractivity contribution in [2.24, 2.45) is 0 Å². The Morgan fingerprint density at radius 3 is 2.50 bits per heavy atom. The van der Waals surface area contributed by atoms with Gasteiger partial charge in [-0.15, -0.1) is 0 Å². The van der Waals surface area contributed by atoms with E-state index in [1.54, 1.807) is 51.3 Å². The predicted molar refractivity (Wildman–Crippen MR) is 93.7 cm³/mol. The molecule has 2 N–H and O–H groups in total. The molecule has 24 heavy (non-hydrogen) atoms. The number of hydrogen-bond donors (Lipinski definition) is 2. The van der Waals surface area contributed by atoms with E-state index in [1.165, 1.54) is 0 Å². The van der Waals surface area contributed by atoms with E-state index < -0.39 is 17.4 Å². The summed E-state index contributed by atoms with van der Waals surface area (Å²) in [4.78, 5) is 23.1. The van der Waals surface area contributed by atoms with Crippen LogP contribution in [-0.2, 0) is 16.0 Å². The van der Waals surface area contributed by atoms with Crippen molar-refractivity contribution in [3.05, 3.63) is 58.8 Å². The third kappa shape index (κ3) is 5.13. The number of halogens is 1. The number of aldehydes is 1. The smallest absolute Gasteiger partial charge is 0.409 e. The van der Waals surface area contributed by atoms with Crippen molar-refractivity contribution >= 4 is 24.0 Å². The van der Waals surface area contributed by atoms with Gasteiger partial charge in [0.1, 0.15) is 11.3 Å². The molecule has 2 rings (SSSR count). The van der Waals surface area contributed by atoms with Crippen LogP contribution < -0.4 is 10.6 Å². The minimum atomic E-state index is -0.886. The van der Waals surface area contributed by atoms with Crippen LogP contribution in [0.3, 0.4) is 0 Å². The number of carbonyl (C=O) groups excluding carboxylic acids is 2. The van der Waals surface area contributed by atoms with Gasteiger partial charge in [0.05, 0.1) is 0 Å². The van der Waals surface area contributed by atoms with E-state index in [2.05, 4.69) is 10.6 Å². The first-order valence-electron chi connectivity index (χ1n) is 7.59. The van der Waals surface area contributed by atoms with Crippen LogP contribution >= 0.6 is 11.6 Å². The molecule has 0 aliphatic carbocycles. The maximum atomic E-state index is 12.2. The summed E-state index contributed by atoms with van der Waals surface area (Å²) in [6, 6.07) is 7.35. The van der Waals surface area contributed by atoms with Gasteiger partial charge in [-0.1, -0.05) is 29.8 Å². The summed E-state index contributed by atoms with van der Waals surface area (Å²) in [5, 5.41) is 6.57. The molecule has 1 atom stereocenters. The minimum Gasteiger partial charge on any atom is -0.444 e. The molecule has 1 aromatic carbocycles. The Hall–Kier alpha value is -2.27. The van der Waals surface area contributed by atoms with Gasteiger partial charge in [-0.25, -0.2) is 4.79 Å². The molecule has 0 spiro atoms. The topological polar surface area (TPSA) is 67.4 Å². The Bertz CT molecular complexity index is 674. The molecule has 5 nitrogen and oxygen atoms in total. The van der Waals surface area contributed by atoms with Gasteiger partial charge in [-0.05, 0) is 44.5 Å². The third-order valence-corrected chi connectivity index (χ3v) is 3.56. The van der Waals surface area contributed by atoms with Gasteiger partial charge in [0, 0.05) is 23.2 Å². The van der Waals surface area contributed by atoms with Crippen molar-refractivity contribution < 1.29 is 14.3 Å². The van der Waals surface area contributed by atoms with Crippen molar-refractivity contribution in [1.82, 2.24) is 10.6 Å². The summed E-state index contributed by atoms with van der Waals surface area (Å²) in [7, 11) is 0. The summed E-state index contributed by atoms with van der Waals surface area (Å²) < 4.78 is 5.34. The number of allylic oxidation sites excluding steroid dienone is 2. The monoisotopic (exact) mass is 348 g/mol. The third-order valence-electron chi connectivity index (χ3n) is 3.31. The van der Waals surface area contributed by atoms with Crippen LogP contribution in [0.25, 0.3) is 0 Å². The molecular weight excluding hydrogens is 328 g/mol. The first-order chi connectivity index (χ1) is 11.2. The van der Waals surface area contributed by atoms with Gasteiger partial charge in [-0.3, -0.25) is 10.1 Å². The van der Waals surface area contributed by atoms with Crippen LogP contribution in [0.15, 0.2) is 48.2 Å². The molecule has 1 amide bonds. The van der Waals surface area contributed by atoms with E-state index in [4.69, 9.17) is 16.3 Å². The fraction of sp³-hybridized carbons (Fsp3) is 0.333. The van der Waals surface area contributed by atoms with Crippen LogP contribution in [0.1, 0.15) is 26.3 Å². The fourth-order valence-electron chi connectivity index (χ4n) is 2.26. The van der Waals surface area contributed by atoms with Crippen LogP contribution in [0.4, 0.5) is 4.79 Å². The van der Waals surface area contributed by atoms with Crippen molar-refractivity contribution in [1.29, 1.82) is 0 Å². The van der Waals surface area contributed by atoms with Crippen LogP contribution in [0, 0.1) is 0 Å². The number of alkyl carbamates (subject to hydrolysis) is 1. The summed E-state index contributed by atoms with van der Waals surface area (Å²) in [5.41, 5.74) is -0.0283. The average Bonchev–Trinajstić information content (AvgIpc) is 2.48. The van der Waals surface area contributed by atoms with Crippen LogP contribution in [0.5, 0.6) is 0 Å². The largest absolute Gasteiger partial charge is 0.444 e. The molecule has 1 unspecified atom stereocenters. The standard InChI is InChI=1S/C18H21ClN2O3/c1-17(2,3)24-16(23)21-18(9-8-14(12-22)11-20-18)10-13-4-6-15(19)7-5-13/h4-9,11-12,20H,10H2,1-3H3,(H,21,23). The number of rotatable bonds is 4. The lowest BCUT2D eigenvalue weighted by atomic mass is 9.96. The number of amides is 1. The SMILES string of the molecule is CC(C)(C)OC(=O)NC1(Cc2ccc(Cl)cc2)C=CC(C=O)=CN1. The molecule has 0 saturated heterocycles. The zero-order chi connectivity index (χ0) is 17.8. The number of carbonyl (C=O) groups is 2. The molecule has 1 aromatic rings. The Balaban J connectivity index is 2.21. The predicted octanol–water partition coefficient (Wildman–Crippen LogP) is 3.35. The molecule has 0 bridgehead atoms. The highest BCUT2D eigenvalue weighted by atomic mass is 35.5. The van der Waals surface area contributed by atoms with Crippen molar-refractivity contribution in [3.63, 3.8) is 0 Å². The van der Waals surface area contributed by atoms with Crippen molar-refractivity contribution in [2.75, 3.05) is 0 Å². The van der Waals surface area contributed by atoms with E-state index in [1.807, 2.05) is 12.1 Å². The second kappa shape index (κ2) is 7.09. The molecule has 6 heteroatoms. The van der Waals surface area contributed by atoms with Crippen molar-refractivity contribution in [3.8, 4) is 0 Å². The maximum Gasteiger partial charge on any atom is 0.409 e. The molecule has 0 aromatic heterocycles. The minimum absolute atomic E-state index is 0.461. The van der Waals surface area contributed by atoms with E-state index in [-0.39, 0.29) is 0 Å².